The zero-order valence-electron chi connectivity index (χ0n) is 13.5. The third kappa shape index (κ3) is 4.24. The molecule has 1 aliphatic rings. The highest BCUT2D eigenvalue weighted by Gasteiger charge is 2.27. The van der Waals surface area contributed by atoms with E-state index in [-0.39, 0.29) is 12.3 Å². The summed E-state index contributed by atoms with van der Waals surface area (Å²) in [5.74, 6) is 1.59. The second-order valence-electron chi connectivity index (χ2n) is 5.61. The van der Waals surface area contributed by atoms with Gasteiger partial charge in [0.25, 0.3) is 0 Å². The number of rotatable bonds is 7. The zero-order chi connectivity index (χ0) is 15.9. The van der Waals surface area contributed by atoms with Gasteiger partial charge in [-0.05, 0) is 24.6 Å². The summed E-state index contributed by atoms with van der Waals surface area (Å²) in [4.78, 5) is 0. The van der Waals surface area contributed by atoms with Crippen molar-refractivity contribution in [1.82, 2.24) is 10.6 Å². The molecule has 4 heteroatoms. The molecule has 0 bridgehead atoms. The Morgan fingerprint density at radius 1 is 0.957 bits per heavy atom. The Morgan fingerprint density at radius 2 is 1.61 bits per heavy atom. The van der Waals surface area contributed by atoms with Gasteiger partial charge in [-0.25, -0.2) is 0 Å². The van der Waals surface area contributed by atoms with E-state index < -0.39 is 0 Å². The molecule has 0 spiro atoms. The first-order valence-electron chi connectivity index (χ1n) is 8.26. The van der Waals surface area contributed by atoms with Crippen molar-refractivity contribution in [3.8, 4) is 11.5 Å². The monoisotopic (exact) mass is 312 g/mol. The van der Waals surface area contributed by atoms with E-state index in [0.29, 0.717) is 6.61 Å². The molecule has 1 unspecified atom stereocenters. The van der Waals surface area contributed by atoms with Crippen LogP contribution in [-0.4, -0.2) is 32.0 Å². The van der Waals surface area contributed by atoms with Crippen molar-refractivity contribution in [3.63, 3.8) is 0 Å². The second kappa shape index (κ2) is 7.99. The number of benzene rings is 2. The molecule has 1 aliphatic heterocycles. The normalized spacial score (nSPS) is 16.2. The number of hydrogen-bond donors (Lipinski definition) is 2. The van der Waals surface area contributed by atoms with Gasteiger partial charge in [-0.2, -0.15) is 0 Å². The van der Waals surface area contributed by atoms with Gasteiger partial charge in [-0.1, -0.05) is 42.5 Å². The molecule has 122 valence electrons. The molecule has 0 saturated carbocycles. The van der Waals surface area contributed by atoms with Crippen LogP contribution in [0.5, 0.6) is 11.5 Å². The minimum atomic E-state index is 0.00139. The van der Waals surface area contributed by atoms with E-state index >= 15 is 0 Å². The second-order valence-corrected chi connectivity index (χ2v) is 5.61. The lowest BCUT2D eigenvalue weighted by Crippen LogP contribution is -2.47. The van der Waals surface area contributed by atoms with Crippen LogP contribution in [-0.2, 0) is 6.42 Å². The summed E-state index contributed by atoms with van der Waals surface area (Å²) in [6.45, 7) is 4.54. The molecule has 23 heavy (non-hydrogen) atoms. The van der Waals surface area contributed by atoms with E-state index in [1.54, 1.807) is 0 Å². The zero-order valence-corrected chi connectivity index (χ0v) is 13.5. The minimum Gasteiger partial charge on any atom is -0.490 e. The van der Waals surface area contributed by atoms with Crippen molar-refractivity contribution in [2.45, 2.75) is 25.6 Å². The Labute approximate surface area is 137 Å². The molecule has 2 N–H and O–H groups in total. The van der Waals surface area contributed by atoms with Crippen LogP contribution in [0.3, 0.4) is 0 Å². The molecule has 2 aromatic carbocycles. The Hall–Kier alpha value is -2.04. The highest BCUT2D eigenvalue weighted by Crippen LogP contribution is 2.28. The number of para-hydroxylation sites is 2. The Kier molecular flexibility index (Phi) is 5.51. The van der Waals surface area contributed by atoms with Crippen molar-refractivity contribution < 1.29 is 9.47 Å². The van der Waals surface area contributed by atoms with Gasteiger partial charge in [0.05, 0.1) is 12.8 Å². The van der Waals surface area contributed by atoms with Gasteiger partial charge in [0.1, 0.15) is 6.10 Å². The van der Waals surface area contributed by atoms with Crippen LogP contribution in [0, 0.1) is 0 Å². The van der Waals surface area contributed by atoms with Gasteiger partial charge in [0.15, 0.2) is 11.5 Å². The fourth-order valence-electron chi connectivity index (χ4n) is 2.85. The van der Waals surface area contributed by atoms with Gasteiger partial charge in [0.2, 0.25) is 0 Å². The van der Waals surface area contributed by atoms with Crippen LogP contribution in [0.15, 0.2) is 54.6 Å². The molecule has 1 saturated heterocycles. The topological polar surface area (TPSA) is 42.5 Å². The lowest BCUT2D eigenvalue weighted by molar-refractivity contribution is 0.145. The first kappa shape index (κ1) is 15.8. The van der Waals surface area contributed by atoms with Crippen LogP contribution in [0.25, 0.3) is 0 Å². The third-order valence-corrected chi connectivity index (χ3v) is 3.93. The number of hydrogen-bond acceptors (Lipinski definition) is 4. The maximum Gasteiger partial charge on any atom is 0.161 e. The van der Waals surface area contributed by atoms with E-state index in [9.17, 15) is 0 Å². The highest BCUT2D eigenvalue weighted by molar-refractivity contribution is 5.39. The fraction of sp³-hybridized carbons (Fsp3) is 0.368. The molecular formula is C19H24N2O2. The van der Waals surface area contributed by atoms with Crippen LogP contribution in [0.1, 0.15) is 12.5 Å². The predicted molar refractivity (Wildman–Crippen MR) is 92.0 cm³/mol. The first-order chi connectivity index (χ1) is 11.4. The molecular weight excluding hydrogens is 288 g/mol. The lowest BCUT2D eigenvalue weighted by Gasteiger charge is -2.26. The van der Waals surface area contributed by atoms with E-state index in [1.807, 2.05) is 37.3 Å². The fourth-order valence-corrected chi connectivity index (χ4v) is 2.85. The van der Waals surface area contributed by atoms with E-state index in [2.05, 4.69) is 34.9 Å². The molecule has 4 nitrogen and oxygen atoms in total. The summed E-state index contributed by atoms with van der Waals surface area (Å²) >= 11 is 0. The molecule has 1 heterocycles. The van der Waals surface area contributed by atoms with Gasteiger partial charge in [-0.3, -0.25) is 10.6 Å². The molecule has 2 aromatic rings. The Bertz CT molecular complexity index is 597. The third-order valence-electron chi connectivity index (χ3n) is 3.93. The summed E-state index contributed by atoms with van der Waals surface area (Å²) in [6, 6.07) is 18.3. The van der Waals surface area contributed by atoms with E-state index in [1.165, 1.54) is 5.56 Å². The summed E-state index contributed by atoms with van der Waals surface area (Å²) < 4.78 is 12.0. The maximum atomic E-state index is 6.34. The lowest BCUT2D eigenvalue weighted by atomic mass is 10.1. The van der Waals surface area contributed by atoms with Gasteiger partial charge < -0.3 is 9.47 Å². The van der Waals surface area contributed by atoms with Crippen molar-refractivity contribution in [2.24, 2.45) is 0 Å². The number of nitrogens with one attached hydrogen (secondary N) is 2. The molecule has 0 aromatic heterocycles. The summed E-state index contributed by atoms with van der Waals surface area (Å²) in [5, 5.41) is 6.94. The van der Waals surface area contributed by atoms with Crippen LogP contribution in [0.2, 0.25) is 0 Å². The van der Waals surface area contributed by atoms with Crippen molar-refractivity contribution >= 4 is 0 Å². The standard InChI is InChI=1S/C19H24N2O2/c1-2-22-16-10-6-7-11-17(16)23-18(19-20-12-13-21-19)14-15-8-4-3-5-9-15/h3-11,18-21H,2,12-14H2,1H3. The van der Waals surface area contributed by atoms with E-state index in [0.717, 1.165) is 31.0 Å². The highest BCUT2D eigenvalue weighted by atomic mass is 16.5. The van der Waals surface area contributed by atoms with Crippen LogP contribution in [0.4, 0.5) is 0 Å². The largest absolute Gasteiger partial charge is 0.490 e. The van der Waals surface area contributed by atoms with Crippen molar-refractivity contribution in [3.05, 3.63) is 60.2 Å². The smallest absolute Gasteiger partial charge is 0.161 e. The first-order valence-corrected chi connectivity index (χ1v) is 8.26. The van der Waals surface area contributed by atoms with Gasteiger partial charge in [-0.15, -0.1) is 0 Å². The number of ether oxygens (including phenoxy) is 2. The Balaban J connectivity index is 1.78. The molecule has 0 aliphatic carbocycles. The summed E-state index contributed by atoms with van der Waals surface area (Å²) in [7, 11) is 0. The quantitative estimate of drug-likeness (QED) is 0.825. The summed E-state index contributed by atoms with van der Waals surface area (Å²) in [5.41, 5.74) is 1.27. The summed E-state index contributed by atoms with van der Waals surface area (Å²) in [6.07, 6.45) is 0.984. The van der Waals surface area contributed by atoms with Crippen LogP contribution >= 0.6 is 0 Å². The van der Waals surface area contributed by atoms with Crippen LogP contribution < -0.4 is 20.1 Å². The van der Waals surface area contributed by atoms with Gasteiger partial charge in [0, 0.05) is 19.5 Å². The average molecular weight is 312 g/mol. The van der Waals surface area contributed by atoms with E-state index in [4.69, 9.17) is 9.47 Å². The SMILES string of the molecule is CCOc1ccccc1OC(Cc1ccccc1)C1NCCN1. The molecule has 3 rings (SSSR count). The minimum absolute atomic E-state index is 0.00139. The average Bonchev–Trinajstić information content (AvgIpc) is 3.12. The van der Waals surface area contributed by atoms with Gasteiger partial charge >= 0.3 is 0 Å². The molecule has 0 radical (unpaired) electrons. The van der Waals surface area contributed by atoms with Crippen molar-refractivity contribution in [2.75, 3.05) is 19.7 Å². The molecule has 1 atom stereocenters. The Morgan fingerprint density at radius 3 is 2.30 bits per heavy atom. The maximum absolute atomic E-state index is 6.34. The molecule has 1 fully saturated rings. The van der Waals surface area contributed by atoms with Crippen molar-refractivity contribution in [1.29, 1.82) is 0 Å². The molecule has 0 amide bonds. The predicted octanol–water partition coefficient (Wildman–Crippen LogP) is 2.59.